The van der Waals surface area contributed by atoms with Gasteiger partial charge in [-0.3, -0.25) is 0 Å². The van der Waals surface area contributed by atoms with E-state index in [-0.39, 0.29) is 33.3 Å². The highest BCUT2D eigenvalue weighted by Gasteiger charge is 2.58. The van der Waals surface area contributed by atoms with Gasteiger partial charge in [0.2, 0.25) is 0 Å². The molecule has 6 heteroatoms. The van der Waals surface area contributed by atoms with Gasteiger partial charge in [0.15, 0.2) is 0 Å². The zero-order chi connectivity index (χ0) is 18.1. The molecule has 0 amide bonds. The Morgan fingerprint density at radius 2 is 0.792 bits per heavy atom. The maximum Gasteiger partial charge on any atom is 0.370 e. The number of aryl methyl sites for hydroxylation is 4. The van der Waals surface area contributed by atoms with Gasteiger partial charge in [0.25, 0.3) is 0 Å². The van der Waals surface area contributed by atoms with Gasteiger partial charge in [0.1, 0.15) is 0 Å². The molecule has 0 nitrogen and oxygen atoms in total. The molecule has 24 heavy (non-hydrogen) atoms. The summed E-state index contributed by atoms with van der Waals surface area (Å²) in [4.78, 5) is 0.274. The molecule has 0 aromatic heterocycles. The lowest BCUT2D eigenvalue weighted by molar-refractivity contribution is -0.0834. The second-order valence-electron chi connectivity index (χ2n) is 5.88. The number of halogens is 4. The van der Waals surface area contributed by atoms with Crippen LogP contribution in [0.25, 0.3) is 0 Å². The minimum absolute atomic E-state index is 0.0954. The van der Waals surface area contributed by atoms with Crippen molar-refractivity contribution in [3.8, 4) is 0 Å². The zero-order valence-electron chi connectivity index (χ0n) is 13.8. The average molecular weight is 374 g/mol. The molecule has 0 saturated carbocycles. The van der Waals surface area contributed by atoms with E-state index in [1.54, 1.807) is 27.7 Å². The number of hydrogen-bond acceptors (Lipinski definition) is 2. The van der Waals surface area contributed by atoms with E-state index in [0.29, 0.717) is 0 Å². The van der Waals surface area contributed by atoms with Crippen LogP contribution in [0.3, 0.4) is 0 Å². The molecule has 0 saturated heterocycles. The number of rotatable bonds is 5. The molecular formula is C18H18F4S2. The maximum atomic E-state index is 14.2. The molecule has 0 N–H and O–H groups in total. The van der Waals surface area contributed by atoms with E-state index < -0.39 is 10.5 Å². The minimum Gasteiger partial charge on any atom is -0.186 e. The zero-order valence-corrected chi connectivity index (χ0v) is 15.4. The van der Waals surface area contributed by atoms with Crippen LogP contribution in [0.2, 0.25) is 0 Å². The predicted molar refractivity (Wildman–Crippen MR) is 93.4 cm³/mol. The summed E-state index contributed by atoms with van der Waals surface area (Å²) in [6.07, 6.45) is 0. The molecule has 2 rings (SSSR count). The minimum atomic E-state index is -4.23. The first kappa shape index (κ1) is 19.2. The highest BCUT2D eigenvalue weighted by atomic mass is 32.2. The normalized spacial score (nSPS) is 12.5. The maximum absolute atomic E-state index is 14.2. The molecule has 0 spiro atoms. The topological polar surface area (TPSA) is 0 Å². The molecular weight excluding hydrogens is 356 g/mol. The number of benzene rings is 2. The first-order valence-corrected chi connectivity index (χ1v) is 8.92. The van der Waals surface area contributed by atoms with Crippen LogP contribution in [0.1, 0.15) is 22.3 Å². The monoisotopic (exact) mass is 374 g/mol. The second-order valence-corrected chi connectivity index (χ2v) is 8.26. The third kappa shape index (κ3) is 4.70. The van der Waals surface area contributed by atoms with Crippen molar-refractivity contribution in [1.29, 1.82) is 0 Å². The van der Waals surface area contributed by atoms with E-state index in [1.165, 1.54) is 24.3 Å². The standard InChI is InChI=1S/C18H18F4S2/c1-11-5-12(2)8-15(7-11)23-17(19,20)18(21,22)24-16-9-13(3)6-14(4)10-16/h5-10H,1-4H3. The molecule has 2 aromatic carbocycles. The molecule has 0 fully saturated rings. The van der Waals surface area contributed by atoms with Crippen molar-refractivity contribution in [2.75, 3.05) is 0 Å². The quantitative estimate of drug-likeness (QED) is 0.408. The van der Waals surface area contributed by atoms with Crippen LogP contribution in [0.4, 0.5) is 17.6 Å². The molecule has 130 valence electrons. The summed E-state index contributed by atoms with van der Waals surface area (Å²) in [5.41, 5.74) is 3.05. The van der Waals surface area contributed by atoms with Crippen molar-refractivity contribution in [2.24, 2.45) is 0 Å². The van der Waals surface area contributed by atoms with Crippen LogP contribution in [-0.2, 0) is 0 Å². The molecule has 0 aliphatic heterocycles. The molecule has 0 heterocycles. The first-order chi connectivity index (χ1) is 11.0. The summed E-state index contributed by atoms with van der Waals surface area (Å²) in [6.45, 7) is 6.99. The van der Waals surface area contributed by atoms with E-state index in [1.807, 2.05) is 12.1 Å². The summed E-state index contributed by atoms with van der Waals surface area (Å²) >= 11 is -0.191. The van der Waals surface area contributed by atoms with Crippen LogP contribution in [0, 0.1) is 27.7 Å². The first-order valence-electron chi connectivity index (χ1n) is 7.29. The van der Waals surface area contributed by atoms with E-state index >= 15 is 0 Å². The van der Waals surface area contributed by atoms with Gasteiger partial charge < -0.3 is 0 Å². The number of thioether (sulfide) groups is 2. The lowest BCUT2D eigenvalue weighted by atomic mass is 10.2. The van der Waals surface area contributed by atoms with Crippen molar-refractivity contribution < 1.29 is 17.6 Å². The Balaban J connectivity index is 2.24. The Morgan fingerprint density at radius 3 is 1.04 bits per heavy atom. The highest BCUT2D eigenvalue weighted by molar-refractivity contribution is 8.04. The lowest BCUT2D eigenvalue weighted by Crippen LogP contribution is -2.34. The van der Waals surface area contributed by atoms with Gasteiger partial charge in [-0.1, -0.05) is 12.1 Å². The van der Waals surface area contributed by atoms with Gasteiger partial charge in [0, 0.05) is 9.79 Å². The van der Waals surface area contributed by atoms with E-state index in [2.05, 4.69) is 0 Å². The van der Waals surface area contributed by atoms with Gasteiger partial charge in [-0.05, 0) is 97.7 Å². The fraction of sp³-hybridized carbons (Fsp3) is 0.333. The van der Waals surface area contributed by atoms with Crippen LogP contribution in [0.5, 0.6) is 0 Å². The van der Waals surface area contributed by atoms with Crippen LogP contribution < -0.4 is 0 Å². The Hall–Kier alpha value is -1.14. The Morgan fingerprint density at radius 1 is 0.542 bits per heavy atom. The van der Waals surface area contributed by atoms with Crippen molar-refractivity contribution >= 4 is 23.5 Å². The highest BCUT2D eigenvalue weighted by Crippen LogP contribution is 2.54. The van der Waals surface area contributed by atoms with Crippen molar-refractivity contribution in [1.82, 2.24) is 0 Å². The number of alkyl halides is 4. The van der Waals surface area contributed by atoms with Gasteiger partial charge in [-0.15, -0.1) is 0 Å². The summed E-state index contributed by atoms with van der Waals surface area (Å²) in [7, 11) is 0. The summed E-state index contributed by atoms with van der Waals surface area (Å²) < 4.78 is 56.9. The van der Waals surface area contributed by atoms with Gasteiger partial charge >= 0.3 is 10.5 Å². The van der Waals surface area contributed by atoms with Crippen molar-refractivity contribution in [3.05, 3.63) is 58.7 Å². The van der Waals surface area contributed by atoms with E-state index in [4.69, 9.17) is 0 Å². The summed E-state index contributed by atoms with van der Waals surface area (Å²) in [6, 6.07) is 9.58. The van der Waals surface area contributed by atoms with E-state index in [0.717, 1.165) is 22.3 Å². The number of hydrogen-bond donors (Lipinski definition) is 0. The Kier molecular flexibility index (Phi) is 5.60. The Labute approximate surface area is 148 Å². The third-order valence-corrected chi connectivity index (χ3v) is 5.32. The molecule has 0 aliphatic rings. The Bertz CT molecular complexity index is 638. The largest absolute Gasteiger partial charge is 0.370 e. The van der Waals surface area contributed by atoms with Crippen LogP contribution in [0.15, 0.2) is 46.2 Å². The molecule has 0 atom stereocenters. The predicted octanol–water partition coefficient (Wildman–Crippen LogP) is 6.99. The fourth-order valence-corrected chi connectivity index (χ4v) is 4.46. The van der Waals surface area contributed by atoms with Crippen LogP contribution in [-0.4, -0.2) is 10.5 Å². The SMILES string of the molecule is Cc1cc(C)cc(SC(F)(F)C(F)(F)Sc2cc(C)cc(C)c2)c1. The lowest BCUT2D eigenvalue weighted by Gasteiger charge is -2.25. The molecule has 0 unspecified atom stereocenters. The van der Waals surface area contributed by atoms with Gasteiger partial charge in [0.05, 0.1) is 0 Å². The molecule has 2 aromatic rings. The third-order valence-electron chi connectivity index (χ3n) is 3.22. The van der Waals surface area contributed by atoms with Crippen molar-refractivity contribution in [3.63, 3.8) is 0 Å². The molecule has 0 radical (unpaired) electrons. The fourth-order valence-electron chi connectivity index (χ4n) is 2.40. The van der Waals surface area contributed by atoms with Gasteiger partial charge in [-0.25, -0.2) is 0 Å². The smallest absolute Gasteiger partial charge is 0.186 e. The molecule has 0 aliphatic carbocycles. The second kappa shape index (κ2) is 7.00. The average Bonchev–Trinajstić information content (AvgIpc) is 2.34. The van der Waals surface area contributed by atoms with E-state index in [9.17, 15) is 17.6 Å². The molecule has 0 bridgehead atoms. The van der Waals surface area contributed by atoms with Gasteiger partial charge in [-0.2, -0.15) is 17.6 Å². The summed E-state index contributed by atoms with van der Waals surface area (Å²) in [5.74, 6) is 0. The van der Waals surface area contributed by atoms with Crippen molar-refractivity contribution in [2.45, 2.75) is 48.0 Å². The summed E-state index contributed by atoms with van der Waals surface area (Å²) in [5, 5.41) is -8.45. The van der Waals surface area contributed by atoms with Crippen LogP contribution >= 0.6 is 23.5 Å².